The Morgan fingerprint density at radius 3 is 2.12 bits per heavy atom. The van der Waals surface area contributed by atoms with Crippen molar-refractivity contribution in [3.05, 3.63) is 125 Å². The summed E-state index contributed by atoms with van der Waals surface area (Å²) in [5.41, 5.74) is 4.68. The molecule has 5 aromatic rings. The predicted octanol–water partition coefficient (Wildman–Crippen LogP) is 1.97. The summed E-state index contributed by atoms with van der Waals surface area (Å²) in [6, 6.07) is 29.1. The van der Waals surface area contributed by atoms with Crippen LogP contribution in [0.1, 0.15) is 27.0 Å². The first kappa shape index (κ1) is 30.1. The molecule has 0 fully saturated rings. The molecule has 0 atom stereocenters. The Hall–Kier alpha value is -3.82. The quantitative estimate of drug-likeness (QED) is 0.144. The Bertz CT molecular complexity index is 1680. The molecule has 9 heteroatoms. The standard InChI is InChI=1S/C32H27N3O4S.Na/c1-35(2)25-13-8-21(9-14-25)18-27(30(32(37)38)24-12-17-28-29(19-24)34-40-33-28)31(36)23-10-15-26(16-11-23)39-20-22-6-4-3-5-7-22;/h3-17,19H,18,20H2,1-2H3,(H,37,38);/q;+1/p-1/b30-27+;. The summed E-state index contributed by atoms with van der Waals surface area (Å²) in [6.07, 6.45) is 0.107. The Balaban J connectivity index is 0.00000387. The van der Waals surface area contributed by atoms with Gasteiger partial charge in [0.05, 0.1) is 17.7 Å². The number of aliphatic carboxylic acids is 1. The molecule has 4 aromatic carbocycles. The number of ether oxygens (including phenoxy) is 1. The van der Waals surface area contributed by atoms with Gasteiger partial charge in [0.2, 0.25) is 0 Å². The number of anilines is 1. The van der Waals surface area contributed by atoms with E-state index in [-0.39, 0.29) is 47.1 Å². The van der Waals surface area contributed by atoms with Crippen LogP contribution in [0.4, 0.5) is 5.69 Å². The number of rotatable bonds is 10. The van der Waals surface area contributed by atoms with Crippen molar-refractivity contribution in [3.63, 3.8) is 0 Å². The molecule has 0 amide bonds. The molecule has 0 spiro atoms. The first-order chi connectivity index (χ1) is 19.4. The van der Waals surface area contributed by atoms with Gasteiger partial charge in [0.1, 0.15) is 23.4 Å². The van der Waals surface area contributed by atoms with E-state index in [1.165, 1.54) is 0 Å². The van der Waals surface area contributed by atoms with Crippen LogP contribution >= 0.6 is 11.7 Å². The number of carbonyl (C=O) groups excluding carboxylic acids is 2. The molecule has 0 aliphatic carbocycles. The maximum atomic E-state index is 13.9. The summed E-state index contributed by atoms with van der Waals surface area (Å²) in [6.45, 7) is 0.394. The number of allylic oxidation sites excluding steroid dienone is 1. The van der Waals surface area contributed by atoms with Crippen molar-refractivity contribution in [1.29, 1.82) is 0 Å². The van der Waals surface area contributed by atoms with Crippen LogP contribution < -0.4 is 44.3 Å². The van der Waals surface area contributed by atoms with Crippen molar-refractivity contribution in [1.82, 2.24) is 8.75 Å². The largest absolute Gasteiger partial charge is 1.00 e. The second-order valence-corrected chi connectivity index (χ2v) is 10.0. The average molecular weight is 572 g/mol. The van der Waals surface area contributed by atoms with Gasteiger partial charge in [-0.2, -0.15) is 8.75 Å². The third kappa shape index (κ3) is 7.28. The van der Waals surface area contributed by atoms with E-state index in [0.29, 0.717) is 34.5 Å². The van der Waals surface area contributed by atoms with Gasteiger partial charge in [-0.1, -0.05) is 48.5 Å². The predicted molar refractivity (Wildman–Crippen MR) is 155 cm³/mol. The molecule has 0 bridgehead atoms. The fourth-order valence-electron chi connectivity index (χ4n) is 4.37. The molecule has 7 nitrogen and oxygen atoms in total. The van der Waals surface area contributed by atoms with Gasteiger partial charge in [-0.25, -0.2) is 0 Å². The topological polar surface area (TPSA) is 95.5 Å². The summed E-state index contributed by atoms with van der Waals surface area (Å²) in [7, 11) is 3.88. The van der Waals surface area contributed by atoms with Crippen molar-refractivity contribution < 1.29 is 49.0 Å². The van der Waals surface area contributed by atoms with Gasteiger partial charge in [-0.05, 0) is 65.2 Å². The summed E-state index contributed by atoms with van der Waals surface area (Å²) in [5, 5.41) is 12.6. The molecular formula is C32H26N3NaO4S. The zero-order valence-corrected chi connectivity index (χ0v) is 25.9. The fraction of sp³-hybridized carbons (Fsp3) is 0.125. The van der Waals surface area contributed by atoms with E-state index in [2.05, 4.69) is 8.75 Å². The second-order valence-electron chi connectivity index (χ2n) is 9.47. The number of ketones is 1. The monoisotopic (exact) mass is 571 g/mol. The first-order valence-corrected chi connectivity index (χ1v) is 13.4. The fourth-order valence-corrected chi connectivity index (χ4v) is 4.89. The van der Waals surface area contributed by atoms with E-state index >= 15 is 0 Å². The Morgan fingerprint density at radius 2 is 1.46 bits per heavy atom. The Morgan fingerprint density at radius 1 is 0.805 bits per heavy atom. The summed E-state index contributed by atoms with van der Waals surface area (Å²) >= 11 is 1.04. The minimum absolute atomic E-state index is 0. The number of benzene rings is 4. The zero-order chi connectivity index (χ0) is 28.1. The molecule has 41 heavy (non-hydrogen) atoms. The number of carbonyl (C=O) groups is 2. The third-order valence-electron chi connectivity index (χ3n) is 6.52. The molecule has 1 aromatic heterocycles. The van der Waals surface area contributed by atoms with Crippen molar-refractivity contribution in [2.24, 2.45) is 0 Å². The van der Waals surface area contributed by atoms with Gasteiger partial charge in [0, 0.05) is 42.9 Å². The van der Waals surface area contributed by atoms with Crippen molar-refractivity contribution >= 4 is 45.8 Å². The molecule has 0 saturated carbocycles. The molecule has 0 unspecified atom stereocenters. The summed E-state index contributed by atoms with van der Waals surface area (Å²) in [4.78, 5) is 28.5. The van der Waals surface area contributed by atoms with Crippen LogP contribution in [0.3, 0.4) is 0 Å². The van der Waals surface area contributed by atoms with E-state index in [9.17, 15) is 14.7 Å². The van der Waals surface area contributed by atoms with Crippen molar-refractivity contribution in [3.8, 4) is 5.75 Å². The number of hydrogen-bond acceptors (Lipinski definition) is 8. The summed E-state index contributed by atoms with van der Waals surface area (Å²) < 4.78 is 14.3. The molecule has 0 aliphatic heterocycles. The molecule has 200 valence electrons. The van der Waals surface area contributed by atoms with Gasteiger partial charge in [-0.3, -0.25) is 4.79 Å². The molecule has 5 rings (SSSR count). The number of nitrogens with zero attached hydrogens (tertiary/aromatic N) is 3. The van der Waals surface area contributed by atoms with Gasteiger partial charge in [0.15, 0.2) is 5.78 Å². The van der Waals surface area contributed by atoms with Crippen LogP contribution in [0.2, 0.25) is 0 Å². The van der Waals surface area contributed by atoms with E-state index in [1.807, 2.05) is 73.6 Å². The van der Waals surface area contributed by atoms with Gasteiger partial charge >= 0.3 is 29.6 Å². The minimum Gasteiger partial charge on any atom is -0.545 e. The molecular weight excluding hydrogens is 545 g/mol. The molecule has 0 aliphatic rings. The minimum atomic E-state index is -1.43. The second kappa shape index (κ2) is 13.7. The van der Waals surface area contributed by atoms with Crippen LogP contribution in [0.15, 0.2) is 103 Å². The van der Waals surface area contributed by atoms with Gasteiger partial charge < -0.3 is 19.5 Å². The first-order valence-electron chi connectivity index (χ1n) is 12.6. The van der Waals surface area contributed by atoms with E-state index in [0.717, 1.165) is 28.5 Å². The number of carboxylic acids is 1. The van der Waals surface area contributed by atoms with Crippen LogP contribution in [-0.4, -0.2) is 34.6 Å². The van der Waals surface area contributed by atoms with Crippen molar-refractivity contribution in [2.75, 3.05) is 19.0 Å². The molecule has 1 heterocycles. The number of fused-ring (bicyclic) bond motifs is 1. The van der Waals surface area contributed by atoms with Crippen LogP contribution in [-0.2, 0) is 17.8 Å². The van der Waals surface area contributed by atoms with Crippen LogP contribution in [0.5, 0.6) is 5.75 Å². The average Bonchev–Trinajstić information content (AvgIpc) is 3.44. The van der Waals surface area contributed by atoms with Gasteiger partial charge in [-0.15, -0.1) is 0 Å². The summed E-state index contributed by atoms with van der Waals surface area (Å²) in [5.74, 6) is -1.23. The Kier molecular flexibility index (Phi) is 10.1. The SMILES string of the molecule is CN(C)c1ccc(C/C(C(=O)c2ccc(OCc3ccccc3)cc2)=C(\C(=O)[O-])c2ccc3nsnc3c2)cc1.[Na+]. The molecule has 0 radical (unpaired) electrons. The Labute approximate surface area is 264 Å². The number of aromatic nitrogens is 2. The normalized spacial score (nSPS) is 11.4. The maximum absolute atomic E-state index is 13.9. The van der Waals surface area contributed by atoms with Crippen LogP contribution in [0, 0.1) is 0 Å². The molecule has 0 saturated heterocycles. The number of carboxylic acid groups (broad SMARTS) is 1. The zero-order valence-electron chi connectivity index (χ0n) is 23.0. The maximum Gasteiger partial charge on any atom is 1.00 e. The third-order valence-corrected chi connectivity index (χ3v) is 7.08. The van der Waals surface area contributed by atoms with E-state index in [4.69, 9.17) is 4.74 Å². The smallest absolute Gasteiger partial charge is 0.545 e. The van der Waals surface area contributed by atoms with Crippen molar-refractivity contribution in [2.45, 2.75) is 13.0 Å². The number of hydrogen-bond donors (Lipinski definition) is 0. The van der Waals surface area contributed by atoms with Crippen LogP contribution in [0.25, 0.3) is 16.6 Å². The van der Waals surface area contributed by atoms with E-state index in [1.54, 1.807) is 42.5 Å². The van der Waals surface area contributed by atoms with E-state index < -0.39 is 11.8 Å². The number of Topliss-reactive ketones (excluding diaryl/α,β-unsaturated/α-hetero) is 1. The molecule has 0 N–H and O–H groups in total. The van der Waals surface area contributed by atoms with Gasteiger partial charge in [0.25, 0.3) is 0 Å².